The minimum absolute atomic E-state index is 0. The highest BCUT2D eigenvalue weighted by Crippen LogP contribution is 2.25. The second-order valence-electron chi connectivity index (χ2n) is 6.69. The van der Waals surface area contributed by atoms with Gasteiger partial charge in [0.1, 0.15) is 5.75 Å². The van der Waals surface area contributed by atoms with Gasteiger partial charge < -0.3 is 15.4 Å². The minimum atomic E-state index is -0.161. The van der Waals surface area contributed by atoms with E-state index in [-0.39, 0.29) is 30.3 Å². The second kappa shape index (κ2) is 8.54. The standard InChI is InChI=1S/C20H26N2O2.ClH/c1-13(20(23)22-19-5-4-10-21-14(19)2)15-6-7-17-12-18(24-3)9-8-16(17)11-15;/h6-9,11-14,19,21H,4-5,10H2,1-3H3,(H,22,23);1H. The predicted octanol–water partition coefficient (Wildman–Crippen LogP) is 3.63. The molecule has 0 aromatic heterocycles. The topological polar surface area (TPSA) is 50.4 Å². The number of benzene rings is 2. The van der Waals surface area contributed by atoms with E-state index in [4.69, 9.17) is 4.74 Å². The lowest BCUT2D eigenvalue weighted by atomic mass is 9.95. The number of carbonyl (C=O) groups excluding carboxylic acids is 1. The molecule has 1 fully saturated rings. The first kappa shape index (κ1) is 19.5. The minimum Gasteiger partial charge on any atom is -0.497 e. The van der Waals surface area contributed by atoms with Gasteiger partial charge >= 0.3 is 0 Å². The number of amides is 1. The number of nitrogens with one attached hydrogen (secondary N) is 2. The van der Waals surface area contributed by atoms with Crippen LogP contribution in [0, 0.1) is 0 Å². The maximum absolute atomic E-state index is 12.6. The molecule has 136 valence electrons. The second-order valence-corrected chi connectivity index (χ2v) is 6.69. The number of piperidine rings is 1. The van der Waals surface area contributed by atoms with Crippen LogP contribution in [0.25, 0.3) is 10.8 Å². The van der Waals surface area contributed by atoms with Gasteiger partial charge in [-0.15, -0.1) is 12.4 Å². The Balaban J connectivity index is 0.00000225. The first-order valence-corrected chi connectivity index (χ1v) is 8.70. The summed E-state index contributed by atoms with van der Waals surface area (Å²) in [6, 6.07) is 12.7. The van der Waals surface area contributed by atoms with Gasteiger partial charge in [-0.3, -0.25) is 4.79 Å². The highest BCUT2D eigenvalue weighted by Gasteiger charge is 2.25. The summed E-state index contributed by atoms with van der Waals surface area (Å²) in [7, 11) is 1.67. The zero-order valence-electron chi connectivity index (χ0n) is 15.0. The van der Waals surface area contributed by atoms with Crippen molar-refractivity contribution in [2.75, 3.05) is 13.7 Å². The van der Waals surface area contributed by atoms with Crippen LogP contribution < -0.4 is 15.4 Å². The maximum Gasteiger partial charge on any atom is 0.227 e. The van der Waals surface area contributed by atoms with Crippen LogP contribution in [0.15, 0.2) is 36.4 Å². The van der Waals surface area contributed by atoms with Crippen molar-refractivity contribution in [3.05, 3.63) is 42.0 Å². The summed E-state index contributed by atoms with van der Waals surface area (Å²) in [6.45, 7) is 5.15. The monoisotopic (exact) mass is 362 g/mol. The molecule has 5 heteroatoms. The van der Waals surface area contributed by atoms with E-state index in [1.165, 1.54) is 0 Å². The molecule has 2 aromatic carbocycles. The molecule has 2 N–H and O–H groups in total. The Morgan fingerprint density at radius 3 is 2.68 bits per heavy atom. The Kier molecular flexibility index (Phi) is 6.68. The van der Waals surface area contributed by atoms with Crippen LogP contribution in [0.4, 0.5) is 0 Å². The third kappa shape index (κ3) is 4.44. The Hall–Kier alpha value is -1.78. The van der Waals surface area contributed by atoms with Crippen LogP contribution in [0.3, 0.4) is 0 Å². The van der Waals surface area contributed by atoms with E-state index in [1.807, 2.05) is 31.2 Å². The quantitative estimate of drug-likeness (QED) is 0.873. The van der Waals surface area contributed by atoms with Crippen molar-refractivity contribution >= 4 is 29.1 Å². The van der Waals surface area contributed by atoms with Gasteiger partial charge in [-0.25, -0.2) is 0 Å². The van der Waals surface area contributed by atoms with Crippen LogP contribution >= 0.6 is 12.4 Å². The Morgan fingerprint density at radius 2 is 1.96 bits per heavy atom. The zero-order valence-corrected chi connectivity index (χ0v) is 15.9. The van der Waals surface area contributed by atoms with Crippen molar-refractivity contribution < 1.29 is 9.53 Å². The number of ether oxygens (including phenoxy) is 1. The van der Waals surface area contributed by atoms with E-state index in [2.05, 4.69) is 29.7 Å². The van der Waals surface area contributed by atoms with E-state index in [0.29, 0.717) is 6.04 Å². The largest absolute Gasteiger partial charge is 0.497 e. The highest BCUT2D eigenvalue weighted by atomic mass is 35.5. The smallest absolute Gasteiger partial charge is 0.227 e. The fourth-order valence-corrected chi connectivity index (χ4v) is 3.34. The van der Waals surface area contributed by atoms with Gasteiger partial charge in [0.15, 0.2) is 0 Å². The molecule has 3 atom stereocenters. The van der Waals surface area contributed by atoms with Crippen molar-refractivity contribution in [3.8, 4) is 5.75 Å². The molecule has 1 aliphatic heterocycles. The SMILES string of the molecule is COc1ccc2cc(C(C)C(=O)NC3CCCNC3C)ccc2c1.Cl. The molecule has 1 amide bonds. The van der Waals surface area contributed by atoms with Crippen molar-refractivity contribution in [2.45, 2.75) is 44.7 Å². The highest BCUT2D eigenvalue weighted by molar-refractivity contribution is 5.88. The third-order valence-corrected chi connectivity index (χ3v) is 5.05. The van der Waals surface area contributed by atoms with Gasteiger partial charge in [0, 0.05) is 12.1 Å². The van der Waals surface area contributed by atoms with Gasteiger partial charge in [0.2, 0.25) is 5.91 Å². The van der Waals surface area contributed by atoms with E-state index in [9.17, 15) is 4.79 Å². The number of hydrogen-bond acceptors (Lipinski definition) is 3. The molecule has 2 aromatic rings. The Labute approximate surface area is 155 Å². The molecule has 0 saturated carbocycles. The molecular formula is C20H27ClN2O2. The molecule has 1 saturated heterocycles. The fourth-order valence-electron chi connectivity index (χ4n) is 3.34. The first-order chi connectivity index (χ1) is 11.6. The average molecular weight is 363 g/mol. The van der Waals surface area contributed by atoms with Crippen LogP contribution in [-0.2, 0) is 4.79 Å². The van der Waals surface area contributed by atoms with Crippen molar-refractivity contribution in [3.63, 3.8) is 0 Å². The molecular weight excluding hydrogens is 336 g/mol. The van der Waals surface area contributed by atoms with Crippen LogP contribution in [-0.4, -0.2) is 31.6 Å². The molecule has 1 aliphatic rings. The zero-order chi connectivity index (χ0) is 17.1. The number of carbonyl (C=O) groups is 1. The van der Waals surface area contributed by atoms with Crippen molar-refractivity contribution in [1.82, 2.24) is 10.6 Å². The lowest BCUT2D eigenvalue weighted by molar-refractivity contribution is -0.123. The third-order valence-electron chi connectivity index (χ3n) is 5.05. The first-order valence-electron chi connectivity index (χ1n) is 8.70. The van der Waals surface area contributed by atoms with Crippen molar-refractivity contribution in [2.24, 2.45) is 0 Å². The normalized spacial score (nSPS) is 21.2. The number of methoxy groups -OCH3 is 1. The molecule has 0 aliphatic carbocycles. The van der Waals surface area contributed by atoms with Crippen LogP contribution in [0.1, 0.15) is 38.2 Å². The van der Waals surface area contributed by atoms with Gasteiger partial charge in [0.05, 0.1) is 13.0 Å². The van der Waals surface area contributed by atoms with Crippen LogP contribution in [0.5, 0.6) is 5.75 Å². The van der Waals surface area contributed by atoms with E-state index >= 15 is 0 Å². The summed E-state index contributed by atoms with van der Waals surface area (Å²) in [6.07, 6.45) is 2.16. The summed E-state index contributed by atoms with van der Waals surface area (Å²) in [5.41, 5.74) is 1.04. The Morgan fingerprint density at radius 1 is 1.24 bits per heavy atom. The molecule has 4 nitrogen and oxygen atoms in total. The summed E-state index contributed by atoms with van der Waals surface area (Å²) >= 11 is 0. The Bertz CT molecular complexity index is 735. The number of halogens is 1. The summed E-state index contributed by atoms with van der Waals surface area (Å²) < 4.78 is 5.26. The molecule has 3 unspecified atom stereocenters. The lowest BCUT2D eigenvalue weighted by Crippen LogP contribution is -2.52. The van der Waals surface area contributed by atoms with Crippen molar-refractivity contribution in [1.29, 1.82) is 0 Å². The van der Waals surface area contributed by atoms with Crippen LogP contribution in [0.2, 0.25) is 0 Å². The molecule has 0 spiro atoms. The lowest BCUT2D eigenvalue weighted by Gasteiger charge is -2.31. The average Bonchev–Trinajstić information content (AvgIpc) is 2.62. The molecule has 0 bridgehead atoms. The van der Waals surface area contributed by atoms with Gasteiger partial charge in [-0.2, -0.15) is 0 Å². The molecule has 3 rings (SSSR count). The fraction of sp³-hybridized carbons (Fsp3) is 0.450. The van der Waals surface area contributed by atoms with E-state index in [1.54, 1.807) is 7.11 Å². The van der Waals surface area contributed by atoms with E-state index < -0.39 is 0 Å². The van der Waals surface area contributed by atoms with E-state index in [0.717, 1.165) is 41.5 Å². The number of rotatable bonds is 4. The predicted molar refractivity (Wildman–Crippen MR) is 105 cm³/mol. The molecule has 0 radical (unpaired) electrons. The van der Waals surface area contributed by atoms with Gasteiger partial charge in [-0.05, 0) is 61.7 Å². The van der Waals surface area contributed by atoms with Gasteiger partial charge in [0.25, 0.3) is 0 Å². The number of fused-ring (bicyclic) bond motifs is 1. The maximum atomic E-state index is 12.6. The molecule has 1 heterocycles. The summed E-state index contributed by atoms with van der Waals surface area (Å²) in [5, 5.41) is 8.88. The molecule has 25 heavy (non-hydrogen) atoms. The number of hydrogen-bond donors (Lipinski definition) is 2. The summed E-state index contributed by atoms with van der Waals surface area (Å²) in [5.74, 6) is 0.786. The van der Waals surface area contributed by atoms with Gasteiger partial charge in [-0.1, -0.05) is 24.3 Å². The summed E-state index contributed by atoms with van der Waals surface area (Å²) in [4.78, 5) is 12.6.